The molecule has 0 N–H and O–H groups in total. The van der Waals surface area contributed by atoms with Crippen LogP contribution < -0.4 is 4.90 Å². The van der Waals surface area contributed by atoms with Crippen molar-refractivity contribution >= 4 is 11.7 Å². The quantitative estimate of drug-likeness (QED) is 0.853. The summed E-state index contributed by atoms with van der Waals surface area (Å²) in [5, 5.41) is 8.01. The zero-order valence-corrected chi connectivity index (χ0v) is 13.0. The molecule has 1 saturated carbocycles. The molecule has 1 amide bonds. The van der Waals surface area contributed by atoms with Crippen molar-refractivity contribution < 1.29 is 18.0 Å². The summed E-state index contributed by atoms with van der Waals surface area (Å²) in [6.07, 6.45) is -4.87. The molecule has 7 heteroatoms. The first-order valence-electron chi connectivity index (χ1n) is 7.55. The van der Waals surface area contributed by atoms with Gasteiger partial charge in [-0.05, 0) is 25.0 Å². The molecule has 0 atom stereocenters. The molecule has 0 spiro atoms. The van der Waals surface area contributed by atoms with E-state index in [0.717, 1.165) is 10.5 Å². The molecule has 1 aliphatic rings. The van der Waals surface area contributed by atoms with E-state index in [-0.39, 0.29) is 18.7 Å². The molecular formula is C17H16F3N3O. The summed E-state index contributed by atoms with van der Waals surface area (Å²) >= 11 is 0. The fraction of sp³-hybridized carbons (Fsp3) is 0.353. The average Bonchev–Trinajstić information content (AvgIpc) is 3.36. The lowest BCUT2D eigenvalue weighted by molar-refractivity contribution is -0.190. The normalized spacial score (nSPS) is 15.8. The molecule has 1 aromatic carbocycles. The van der Waals surface area contributed by atoms with Gasteiger partial charge in [-0.1, -0.05) is 30.3 Å². The lowest BCUT2D eigenvalue weighted by Crippen LogP contribution is -2.34. The summed E-state index contributed by atoms with van der Waals surface area (Å²) in [6.45, 7) is 0. The van der Waals surface area contributed by atoms with Crippen LogP contribution in [0.1, 0.15) is 19.3 Å². The van der Waals surface area contributed by atoms with Gasteiger partial charge in [-0.25, -0.2) is 0 Å². The van der Waals surface area contributed by atoms with Crippen molar-refractivity contribution in [3.05, 3.63) is 42.5 Å². The third kappa shape index (κ3) is 3.11. The van der Waals surface area contributed by atoms with Crippen LogP contribution in [0.4, 0.5) is 19.0 Å². The smallest absolute Gasteiger partial charge is 0.298 e. The van der Waals surface area contributed by atoms with Crippen LogP contribution in [-0.2, 0) is 4.79 Å². The van der Waals surface area contributed by atoms with Gasteiger partial charge in [0, 0.05) is 19.0 Å². The second kappa shape index (κ2) is 5.89. The number of hydrogen-bond acceptors (Lipinski definition) is 3. The molecule has 0 aliphatic heterocycles. The lowest BCUT2D eigenvalue weighted by atomic mass is 10.0. The van der Waals surface area contributed by atoms with Crippen LogP contribution in [0.5, 0.6) is 0 Å². The van der Waals surface area contributed by atoms with Gasteiger partial charge in [0.25, 0.3) is 0 Å². The molecule has 2 aromatic rings. The molecular weight excluding hydrogens is 319 g/mol. The summed E-state index contributed by atoms with van der Waals surface area (Å²) in [6, 6.07) is 12.6. The Labute approximate surface area is 137 Å². The number of carbonyl (C=O) groups is 1. The van der Waals surface area contributed by atoms with Gasteiger partial charge in [-0.15, -0.1) is 10.2 Å². The summed E-state index contributed by atoms with van der Waals surface area (Å²) in [7, 11) is 1.42. The van der Waals surface area contributed by atoms with Crippen molar-refractivity contribution in [1.82, 2.24) is 10.2 Å². The van der Waals surface area contributed by atoms with Gasteiger partial charge in [0.2, 0.25) is 5.91 Å². The molecule has 126 valence electrons. The largest absolute Gasteiger partial charge is 0.395 e. The zero-order valence-electron chi connectivity index (χ0n) is 13.0. The number of rotatable bonds is 4. The zero-order chi connectivity index (χ0) is 17.4. The molecule has 24 heavy (non-hydrogen) atoms. The number of benzene rings is 1. The van der Waals surface area contributed by atoms with Crippen LogP contribution in [-0.4, -0.2) is 29.3 Å². The van der Waals surface area contributed by atoms with Crippen LogP contribution in [0, 0.1) is 5.41 Å². The maximum atomic E-state index is 13.0. The Morgan fingerprint density at radius 2 is 1.79 bits per heavy atom. The van der Waals surface area contributed by atoms with Crippen LogP contribution in [0.2, 0.25) is 0 Å². The molecule has 0 unspecified atom stereocenters. The summed E-state index contributed by atoms with van der Waals surface area (Å²) in [5.74, 6) is -0.371. The Morgan fingerprint density at radius 3 is 2.29 bits per heavy atom. The molecule has 1 aromatic heterocycles. The fourth-order valence-corrected chi connectivity index (χ4v) is 2.51. The van der Waals surface area contributed by atoms with Crippen molar-refractivity contribution in [2.24, 2.45) is 5.41 Å². The maximum Gasteiger partial charge on any atom is 0.395 e. The van der Waals surface area contributed by atoms with Crippen molar-refractivity contribution in [3.8, 4) is 11.3 Å². The Hall–Kier alpha value is -2.44. The number of hydrogen-bond donors (Lipinski definition) is 0. The monoisotopic (exact) mass is 335 g/mol. The summed E-state index contributed by atoms with van der Waals surface area (Å²) in [5.41, 5.74) is -0.343. The molecule has 1 aliphatic carbocycles. The first-order valence-corrected chi connectivity index (χ1v) is 7.55. The lowest BCUT2D eigenvalue weighted by Gasteiger charge is -2.22. The average molecular weight is 335 g/mol. The van der Waals surface area contributed by atoms with Crippen molar-refractivity contribution in [2.75, 3.05) is 11.9 Å². The van der Waals surface area contributed by atoms with E-state index in [2.05, 4.69) is 10.2 Å². The first kappa shape index (κ1) is 16.4. The van der Waals surface area contributed by atoms with E-state index in [1.165, 1.54) is 7.05 Å². The Bertz CT molecular complexity index is 725. The van der Waals surface area contributed by atoms with Crippen LogP contribution in [0.15, 0.2) is 42.5 Å². The van der Waals surface area contributed by atoms with E-state index < -0.39 is 23.9 Å². The Kier molecular flexibility index (Phi) is 4.03. The highest BCUT2D eigenvalue weighted by atomic mass is 19.4. The molecule has 3 rings (SSSR count). The maximum absolute atomic E-state index is 13.0. The van der Waals surface area contributed by atoms with E-state index >= 15 is 0 Å². The van der Waals surface area contributed by atoms with Gasteiger partial charge in [-0.3, -0.25) is 9.69 Å². The molecule has 0 bridgehead atoms. The topological polar surface area (TPSA) is 46.1 Å². The number of anilines is 1. The van der Waals surface area contributed by atoms with E-state index in [9.17, 15) is 18.0 Å². The predicted octanol–water partition coefficient (Wildman–Crippen LogP) is 3.84. The van der Waals surface area contributed by atoms with Crippen molar-refractivity contribution in [1.29, 1.82) is 0 Å². The van der Waals surface area contributed by atoms with E-state index in [1.807, 2.05) is 30.3 Å². The molecule has 0 saturated heterocycles. The van der Waals surface area contributed by atoms with E-state index in [4.69, 9.17) is 0 Å². The molecule has 0 radical (unpaired) electrons. The third-order valence-corrected chi connectivity index (χ3v) is 4.38. The highest BCUT2D eigenvalue weighted by molar-refractivity contribution is 5.92. The Balaban J connectivity index is 1.71. The second-order valence-corrected chi connectivity index (χ2v) is 6.05. The van der Waals surface area contributed by atoms with Gasteiger partial charge >= 0.3 is 6.18 Å². The highest BCUT2D eigenvalue weighted by Crippen LogP contribution is 2.60. The van der Waals surface area contributed by atoms with E-state index in [1.54, 1.807) is 12.1 Å². The van der Waals surface area contributed by atoms with Crippen LogP contribution in [0.25, 0.3) is 11.3 Å². The number of carbonyl (C=O) groups excluding carboxylic acids is 1. The van der Waals surface area contributed by atoms with Gasteiger partial charge in [-0.2, -0.15) is 13.2 Å². The SMILES string of the molecule is CN(C(=O)CC1(C(F)(F)F)CC1)c1ccc(-c2ccccc2)nn1. The van der Waals surface area contributed by atoms with Crippen LogP contribution in [0.3, 0.4) is 0 Å². The number of halogens is 3. The summed E-state index contributed by atoms with van der Waals surface area (Å²) < 4.78 is 38.9. The minimum atomic E-state index is -4.34. The number of nitrogens with zero attached hydrogens (tertiary/aromatic N) is 3. The number of alkyl halides is 3. The predicted molar refractivity (Wildman–Crippen MR) is 83.2 cm³/mol. The first-order chi connectivity index (χ1) is 11.3. The molecule has 1 heterocycles. The third-order valence-electron chi connectivity index (χ3n) is 4.38. The van der Waals surface area contributed by atoms with E-state index in [0.29, 0.717) is 5.69 Å². The molecule has 4 nitrogen and oxygen atoms in total. The standard InChI is InChI=1S/C17H16F3N3O/c1-23(15(24)11-16(9-10-16)17(18,19)20)14-8-7-13(21-22-14)12-5-3-2-4-6-12/h2-8H,9-11H2,1H3. The van der Waals surface area contributed by atoms with Gasteiger partial charge < -0.3 is 0 Å². The highest BCUT2D eigenvalue weighted by Gasteiger charge is 2.64. The van der Waals surface area contributed by atoms with Crippen molar-refractivity contribution in [2.45, 2.75) is 25.4 Å². The Morgan fingerprint density at radius 1 is 1.12 bits per heavy atom. The van der Waals surface area contributed by atoms with Crippen LogP contribution >= 0.6 is 0 Å². The fourth-order valence-electron chi connectivity index (χ4n) is 2.51. The van der Waals surface area contributed by atoms with Gasteiger partial charge in [0.15, 0.2) is 5.82 Å². The summed E-state index contributed by atoms with van der Waals surface area (Å²) in [4.78, 5) is 13.3. The van der Waals surface area contributed by atoms with Crippen molar-refractivity contribution in [3.63, 3.8) is 0 Å². The van der Waals surface area contributed by atoms with Gasteiger partial charge in [0.1, 0.15) is 0 Å². The molecule has 1 fully saturated rings. The second-order valence-electron chi connectivity index (χ2n) is 6.05. The number of aromatic nitrogens is 2. The minimum absolute atomic E-state index is 0.00863. The minimum Gasteiger partial charge on any atom is -0.298 e. The van der Waals surface area contributed by atoms with Gasteiger partial charge in [0.05, 0.1) is 11.1 Å². The number of amides is 1.